The fourth-order valence-corrected chi connectivity index (χ4v) is 3.99. The van der Waals surface area contributed by atoms with Crippen molar-refractivity contribution < 1.29 is 17.6 Å². The summed E-state index contributed by atoms with van der Waals surface area (Å²) in [5, 5.41) is 2.90. The van der Waals surface area contributed by atoms with Gasteiger partial charge in [0.2, 0.25) is 5.91 Å². The van der Waals surface area contributed by atoms with E-state index in [4.69, 9.17) is 0 Å². The Hall–Kier alpha value is -3.19. The first-order valence-corrected chi connectivity index (χ1v) is 11.1. The number of rotatable bonds is 9. The van der Waals surface area contributed by atoms with Crippen LogP contribution in [0.4, 0.5) is 10.1 Å². The zero-order valence-electron chi connectivity index (χ0n) is 16.3. The first kappa shape index (κ1) is 21.5. The molecular weight excluding hydrogens is 403 g/mol. The number of halogens is 1. The van der Waals surface area contributed by atoms with E-state index in [0.717, 1.165) is 30.5 Å². The first-order chi connectivity index (χ1) is 14.4. The molecule has 0 aliphatic rings. The van der Waals surface area contributed by atoms with Gasteiger partial charge in [0, 0.05) is 12.2 Å². The van der Waals surface area contributed by atoms with Crippen molar-refractivity contribution >= 4 is 21.6 Å². The standard InChI is InChI=1S/C23H23FN2O3S/c24-20-10-14-22(15-11-20)30(28,29)26-21-12-8-19(9-13-21)17-23(27)25-16-4-7-18-5-2-1-3-6-18/h1-3,5-6,8-15,26H,4,7,16-17H2,(H,25,27). The number of anilines is 1. The monoisotopic (exact) mass is 426 g/mol. The second kappa shape index (κ2) is 10.0. The van der Waals surface area contributed by atoms with Gasteiger partial charge in [0.05, 0.1) is 11.3 Å². The normalized spacial score (nSPS) is 11.1. The van der Waals surface area contributed by atoms with Gasteiger partial charge in [-0.3, -0.25) is 9.52 Å². The number of aryl methyl sites for hydroxylation is 1. The van der Waals surface area contributed by atoms with E-state index in [-0.39, 0.29) is 17.2 Å². The van der Waals surface area contributed by atoms with Gasteiger partial charge < -0.3 is 5.32 Å². The number of sulfonamides is 1. The number of carbonyl (C=O) groups is 1. The minimum Gasteiger partial charge on any atom is -0.356 e. The van der Waals surface area contributed by atoms with E-state index < -0.39 is 15.8 Å². The lowest BCUT2D eigenvalue weighted by Crippen LogP contribution is -2.26. The summed E-state index contributed by atoms with van der Waals surface area (Å²) in [4.78, 5) is 12.1. The number of amides is 1. The summed E-state index contributed by atoms with van der Waals surface area (Å²) in [6.07, 6.45) is 1.99. The average molecular weight is 427 g/mol. The topological polar surface area (TPSA) is 75.3 Å². The Bertz CT molecular complexity index is 1070. The molecule has 0 unspecified atom stereocenters. The number of hydrogen-bond acceptors (Lipinski definition) is 3. The number of nitrogens with one attached hydrogen (secondary N) is 2. The van der Waals surface area contributed by atoms with Crippen LogP contribution in [0.15, 0.2) is 83.8 Å². The molecule has 0 atom stereocenters. The van der Waals surface area contributed by atoms with E-state index in [2.05, 4.69) is 22.2 Å². The van der Waals surface area contributed by atoms with E-state index in [1.165, 1.54) is 17.7 Å². The van der Waals surface area contributed by atoms with Crippen molar-refractivity contribution in [1.82, 2.24) is 5.32 Å². The number of hydrogen-bond donors (Lipinski definition) is 2. The van der Waals surface area contributed by atoms with Crippen molar-refractivity contribution in [1.29, 1.82) is 0 Å². The predicted octanol–water partition coefficient (Wildman–Crippen LogP) is 3.92. The Morgan fingerprint density at radius 2 is 1.50 bits per heavy atom. The summed E-state index contributed by atoms with van der Waals surface area (Å²) < 4.78 is 40.1. The Labute approximate surface area is 176 Å². The molecule has 0 spiro atoms. The summed E-state index contributed by atoms with van der Waals surface area (Å²) in [6, 6.07) is 21.3. The second-order valence-corrected chi connectivity index (χ2v) is 8.55. The van der Waals surface area contributed by atoms with Crippen LogP contribution in [0.3, 0.4) is 0 Å². The smallest absolute Gasteiger partial charge is 0.261 e. The summed E-state index contributed by atoms with van der Waals surface area (Å²) in [5.41, 5.74) is 2.39. The lowest BCUT2D eigenvalue weighted by molar-refractivity contribution is -0.120. The molecule has 0 aliphatic carbocycles. The highest BCUT2D eigenvalue weighted by Crippen LogP contribution is 2.17. The third-order valence-corrected chi connectivity index (χ3v) is 5.90. The second-order valence-electron chi connectivity index (χ2n) is 6.87. The minimum atomic E-state index is -3.80. The number of carbonyl (C=O) groups excluding carboxylic acids is 1. The van der Waals surface area contributed by atoms with Gasteiger partial charge >= 0.3 is 0 Å². The first-order valence-electron chi connectivity index (χ1n) is 9.60. The molecule has 0 fully saturated rings. The van der Waals surface area contributed by atoms with Gasteiger partial charge in [-0.05, 0) is 60.4 Å². The van der Waals surface area contributed by atoms with Crippen molar-refractivity contribution in [3.8, 4) is 0 Å². The molecule has 3 aromatic carbocycles. The molecule has 3 rings (SSSR count). The van der Waals surface area contributed by atoms with Crippen molar-refractivity contribution in [3.05, 3.63) is 95.8 Å². The fraction of sp³-hybridized carbons (Fsp3) is 0.174. The highest BCUT2D eigenvalue weighted by molar-refractivity contribution is 7.92. The third kappa shape index (κ3) is 6.42. The van der Waals surface area contributed by atoms with Crippen molar-refractivity contribution in [2.75, 3.05) is 11.3 Å². The summed E-state index contributed by atoms with van der Waals surface area (Å²) in [5.74, 6) is -0.584. The van der Waals surface area contributed by atoms with Gasteiger partial charge in [-0.15, -0.1) is 0 Å². The molecular formula is C23H23FN2O3S. The molecule has 0 saturated carbocycles. The quantitative estimate of drug-likeness (QED) is 0.509. The summed E-state index contributed by atoms with van der Waals surface area (Å²) in [6.45, 7) is 0.600. The van der Waals surface area contributed by atoms with E-state index >= 15 is 0 Å². The van der Waals surface area contributed by atoms with Gasteiger partial charge in [0.1, 0.15) is 5.82 Å². The van der Waals surface area contributed by atoms with E-state index in [0.29, 0.717) is 12.2 Å². The zero-order chi connectivity index (χ0) is 21.4. The Kier molecular flexibility index (Phi) is 7.19. The zero-order valence-corrected chi connectivity index (χ0v) is 17.2. The fourth-order valence-electron chi connectivity index (χ4n) is 2.93. The van der Waals surface area contributed by atoms with Gasteiger partial charge in [0.25, 0.3) is 10.0 Å². The third-order valence-electron chi connectivity index (χ3n) is 4.50. The molecule has 0 aliphatic heterocycles. The largest absolute Gasteiger partial charge is 0.356 e. The molecule has 0 heterocycles. The minimum absolute atomic E-state index is 0.0251. The van der Waals surface area contributed by atoms with Crippen molar-refractivity contribution in [3.63, 3.8) is 0 Å². The molecule has 2 N–H and O–H groups in total. The molecule has 3 aromatic rings. The van der Waals surface area contributed by atoms with Crippen LogP contribution in [-0.2, 0) is 27.7 Å². The lowest BCUT2D eigenvalue weighted by Gasteiger charge is -2.09. The Balaban J connectivity index is 1.46. The van der Waals surface area contributed by atoms with Crippen LogP contribution in [0.5, 0.6) is 0 Å². The van der Waals surface area contributed by atoms with Crippen LogP contribution in [0.2, 0.25) is 0 Å². The molecule has 0 radical (unpaired) electrons. The summed E-state index contributed by atoms with van der Waals surface area (Å²) in [7, 11) is -3.80. The molecule has 30 heavy (non-hydrogen) atoms. The molecule has 156 valence electrons. The van der Waals surface area contributed by atoms with Crippen molar-refractivity contribution in [2.24, 2.45) is 0 Å². The molecule has 7 heteroatoms. The SMILES string of the molecule is O=C(Cc1ccc(NS(=O)(=O)c2ccc(F)cc2)cc1)NCCCc1ccccc1. The van der Waals surface area contributed by atoms with Gasteiger partial charge in [-0.25, -0.2) is 12.8 Å². The van der Waals surface area contributed by atoms with Gasteiger partial charge in [-0.2, -0.15) is 0 Å². The molecule has 1 amide bonds. The van der Waals surface area contributed by atoms with Crippen molar-refractivity contribution in [2.45, 2.75) is 24.2 Å². The number of benzene rings is 3. The Morgan fingerprint density at radius 1 is 0.833 bits per heavy atom. The van der Waals surface area contributed by atoms with Gasteiger partial charge in [-0.1, -0.05) is 42.5 Å². The van der Waals surface area contributed by atoms with Crippen LogP contribution in [0, 0.1) is 5.82 Å². The maximum atomic E-state index is 13.0. The maximum absolute atomic E-state index is 13.0. The lowest BCUT2D eigenvalue weighted by atomic mass is 10.1. The van der Waals surface area contributed by atoms with E-state index in [1.54, 1.807) is 24.3 Å². The maximum Gasteiger partial charge on any atom is 0.261 e. The highest BCUT2D eigenvalue weighted by Gasteiger charge is 2.14. The van der Waals surface area contributed by atoms with E-state index in [9.17, 15) is 17.6 Å². The van der Waals surface area contributed by atoms with E-state index in [1.807, 2.05) is 18.2 Å². The molecule has 0 saturated heterocycles. The van der Waals surface area contributed by atoms with Crippen LogP contribution in [-0.4, -0.2) is 20.9 Å². The Morgan fingerprint density at radius 3 is 2.17 bits per heavy atom. The molecule has 0 aromatic heterocycles. The van der Waals surface area contributed by atoms with Crippen LogP contribution < -0.4 is 10.0 Å². The average Bonchev–Trinajstić information content (AvgIpc) is 2.73. The van der Waals surface area contributed by atoms with Crippen LogP contribution in [0.1, 0.15) is 17.5 Å². The molecule has 5 nitrogen and oxygen atoms in total. The molecule has 0 bridgehead atoms. The highest BCUT2D eigenvalue weighted by atomic mass is 32.2. The van der Waals surface area contributed by atoms with Crippen LogP contribution in [0.25, 0.3) is 0 Å². The van der Waals surface area contributed by atoms with Crippen LogP contribution >= 0.6 is 0 Å². The predicted molar refractivity (Wildman–Crippen MR) is 115 cm³/mol. The van der Waals surface area contributed by atoms with Gasteiger partial charge in [0.15, 0.2) is 0 Å². The summed E-state index contributed by atoms with van der Waals surface area (Å²) >= 11 is 0.